The third kappa shape index (κ3) is 3.15. The molecular weight excluding hydrogens is 324 g/mol. The normalized spacial score (nSPS) is 10.7. The first-order valence-electron chi connectivity index (χ1n) is 8.30. The smallest absolute Gasteiger partial charge is 0.248 e. The van der Waals surface area contributed by atoms with E-state index in [-0.39, 0.29) is 0 Å². The number of nitrogen functional groups attached to an aromatic ring is 1. The van der Waals surface area contributed by atoms with Crippen LogP contribution in [-0.2, 0) is 0 Å². The molecule has 0 saturated heterocycles. The van der Waals surface area contributed by atoms with Crippen LogP contribution in [0.1, 0.15) is 5.56 Å². The first-order chi connectivity index (χ1) is 12.7. The highest BCUT2D eigenvalue weighted by molar-refractivity contribution is 5.84. The van der Waals surface area contributed by atoms with Crippen molar-refractivity contribution in [3.05, 3.63) is 78.6 Å². The predicted molar refractivity (Wildman–Crippen MR) is 105 cm³/mol. The minimum atomic E-state index is 0.325. The Morgan fingerprint density at radius 1 is 0.885 bits per heavy atom. The van der Waals surface area contributed by atoms with Crippen LogP contribution in [0.15, 0.2) is 73.1 Å². The van der Waals surface area contributed by atoms with Crippen molar-refractivity contribution in [2.45, 2.75) is 6.92 Å². The second-order valence-electron chi connectivity index (χ2n) is 5.99. The van der Waals surface area contributed by atoms with Gasteiger partial charge in [-0.3, -0.25) is 0 Å². The largest absolute Gasteiger partial charge is 0.437 e. The van der Waals surface area contributed by atoms with Crippen LogP contribution < -0.4 is 15.8 Å². The lowest BCUT2D eigenvalue weighted by Crippen LogP contribution is -2.03. The minimum Gasteiger partial charge on any atom is -0.437 e. The number of aromatic nitrogens is 2. The van der Waals surface area contributed by atoms with Gasteiger partial charge in [0.1, 0.15) is 17.8 Å². The van der Waals surface area contributed by atoms with E-state index in [2.05, 4.69) is 21.4 Å². The number of anilines is 3. The molecule has 0 radical (unpaired) electrons. The van der Waals surface area contributed by atoms with Gasteiger partial charge in [-0.2, -0.15) is 4.98 Å². The molecule has 0 bridgehead atoms. The zero-order valence-corrected chi connectivity index (χ0v) is 14.3. The lowest BCUT2D eigenvalue weighted by Gasteiger charge is -2.13. The molecule has 128 valence electrons. The van der Waals surface area contributed by atoms with E-state index in [1.807, 2.05) is 67.6 Å². The Balaban J connectivity index is 1.63. The average molecular weight is 342 g/mol. The molecule has 0 amide bonds. The number of nitrogens with zero attached hydrogens (tertiary/aromatic N) is 2. The number of fused-ring (bicyclic) bond motifs is 1. The molecule has 0 saturated carbocycles. The van der Waals surface area contributed by atoms with Crippen LogP contribution in [0, 0.1) is 6.92 Å². The van der Waals surface area contributed by atoms with Crippen molar-refractivity contribution >= 4 is 28.0 Å². The molecule has 4 aromatic rings. The van der Waals surface area contributed by atoms with E-state index in [0.717, 1.165) is 22.0 Å². The van der Waals surface area contributed by atoms with Crippen molar-refractivity contribution in [2.24, 2.45) is 0 Å². The van der Waals surface area contributed by atoms with Crippen molar-refractivity contribution in [1.29, 1.82) is 0 Å². The van der Waals surface area contributed by atoms with Crippen LogP contribution >= 0.6 is 0 Å². The van der Waals surface area contributed by atoms with Crippen molar-refractivity contribution in [3.63, 3.8) is 0 Å². The molecule has 0 aliphatic rings. The van der Waals surface area contributed by atoms with Crippen LogP contribution in [0.3, 0.4) is 0 Å². The summed E-state index contributed by atoms with van der Waals surface area (Å²) in [7, 11) is 0. The fraction of sp³-hybridized carbons (Fsp3) is 0.0476. The van der Waals surface area contributed by atoms with E-state index in [4.69, 9.17) is 10.5 Å². The number of ether oxygens (including phenoxy) is 1. The van der Waals surface area contributed by atoms with E-state index in [0.29, 0.717) is 23.1 Å². The highest BCUT2D eigenvalue weighted by Gasteiger charge is 2.11. The molecule has 4 rings (SSSR count). The van der Waals surface area contributed by atoms with Gasteiger partial charge in [0.25, 0.3) is 0 Å². The van der Waals surface area contributed by atoms with Crippen molar-refractivity contribution in [3.8, 4) is 11.6 Å². The van der Waals surface area contributed by atoms with E-state index in [1.165, 1.54) is 6.33 Å². The minimum absolute atomic E-state index is 0.325. The molecule has 0 fully saturated rings. The molecule has 0 aliphatic heterocycles. The van der Waals surface area contributed by atoms with Gasteiger partial charge in [-0.25, -0.2) is 4.98 Å². The summed E-state index contributed by atoms with van der Waals surface area (Å²) in [5.74, 6) is 1.52. The molecule has 0 unspecified atom stereocenters. The van der Waals surface area contributed by atoms with Gasteiger partial charge in [0.15, 0.2) is 5.82 Å². The number of aryl methyl sites for hydroxylation is 1. The molecule has 3 N–H and O–H groups in total. The zero-order valence-electron chi connectivity index (χ0n) is 14.3. The molecule has 5 nitrogen and oxygen atoms in total. The standard InChI is InChI=1S/C21H18N4O/c1-14-6-2-5-9-18(14)25-20-19(22)21(24-13-23-20)26-17-11-10-15-7-3-4-8-16(15)12-17/h2-13H,22H2,1H3,(H,23,24,25). The maximum atomic E-state index is 6.23. The van der Waals surface area contributed by atoms with Gasteiger partial charge in [0.2, 0.25) is 5.88 Å². The fourth-order valence-corrected chi connectivity index (χ4v) is 2.74. The van der Waals surface area contributed by atoms with Crippen molar-refractivity contribution in [2.75, 3.05) is 11.1 Å². The summed E-state index contributed by atoms with van der Waals surface area (Å²) in [5, 5.41) is 5.48. The maximum absolute atomic E-state index is 6.23. The van der Waals surface area contributed by atoms with E-state index in [1.54, 1.807) is 0 Å². The number of nitrogens with two attached hydrogens (primary N) is 1. The number of rotatable bonds is 4. The Kier molecular flexibility index (Phi) is 4.11. The molecule has 26 heavy (non-hydrogen) atoms. The third-order valence-electron chi connectivity index (χ3n) is 4.18. The molecular formula is C21H18N4O. The Hall–Kier alpha value is -3.60. The van der Waals surface area contributed by atoms with Crippen molar-refractivity contribution < 1.29 is 4.74 Å². The van der Waals surface area contributed by atoms with Gasteiger partial charge < -0.3 is 15.8 Å². The predicted octanol–water partition coefficient (Wildman–Crippen LogP) is 5.06. The number of hydrogen-bond acceptors (Lipinski definition) is 5. The first kappa shape index (κ1) is 15.9. The summed E-state index contributed by atoms with van der Waals surface area (Å²) in [6.07, 6.45) is 1.44. The quantitative estimate of drug-likeness (QED) is 0.542. The summed E-state index contributed by atoms with van der Waals surface area (Å²) in [5.41, 5.74) is 8.63. The Morgan fingerprint density at radius 3 is 2.50 bits per heavy atom. The molecule has 0 atom stereocenters. The fourth-order valence-electron chi connectivity index (χ4n) is 2.74. The summed E-state index contributed by atoms with van der Waals surface area (Å²) in [6.45, 7) is 2.02. The lowest BCUT2D eigenvalue weighted by molar-refractivity contribution is 0.465. The van der Waals surface area contributed by atoms with Gasteiger partial charge in [0.05, 0.1) is 0 Å². The Bertz CT molecular complexity index is 1080. The van der Waals surface area contributed by atoms with E-state index < -0.39 is 0 Å². The number of para-hydroxylation sites is 1. The van der Waals surface area contributed by atoms with Gasteiger partial charge in [-0.05, 0) is 41.5 Å². The Labute approximate surface area is 151 Å². The van der Waals surface area contributed by atoms with Crippen LogP contribution in [0.2, 0.25) is 0 Å². The second kappa shape index (κ2) is 6.72. The van der Waals surface area contributed by atoms with Gasteiger partial charge in [0, 0.05) is 5.69 Å². The first-order valence-corrected chi connectivity index (χ1v) is 8.30. The summed E-state index contributed by atoms with van der Waals surface area (Å²) in [6, 6.07) is 21.9. The maximum Gasteiger partial charge on any atom is 0.248 e. The average Bonchev–Trinajstić information content (AvgIpc) is 2.66. The van der Waals surface area contributed by atoms with Crippen LogP contribution in [0.4, 0.5) is 17.2 Å². The molecule has 3 aromatic carbocycles. The zero-order chi connectivity index (χ0) is 17.9. The molecule has 0 spiro atoms. The SMILES string of the molecule is Cc1ccccc1Nc1ncnc(Oc2ccc3ccccc3c2)c1N. The van der Waals surface area contributed by atoms with E-state index >= 15 is 0 Å². The monoisotopic (exact) mass is 342 g/mol. The Morgan fingerprint density at radius 2 is 1.65 bits per heavy atom. The van der Waals surface area contributed by atoms with Crippen molar-refractivity contribution in [1.82, 2.24) is 9.97 Å². The van der Waals surface area contributed by atoms with Gasteiger partial charge in [-0.15, -0.1) is 0 Å². The summed E-state index contributed by atoms with van der Waals surface area (Å²) >= 11 is 0. The summed E-state index contributed by atoms with van der Waals surface area (Å²) in [4.78, 5) is 8.42. The topological polar surface area (TPSA) is 73.1 Å². The lowest BCUT2D eigenvalue weighted by atomic mass is 10.1. The van der Waals surface area contributed by atoms with E-state index in [9.17, 15) is 0 Å². The second-order valence-corrected chi connectivity index (χ2v) is 5.99. The van der Waals surface area contributed by atoms with Crippen LogP contribution in [0.25, 0.3) is 10.8 Å². The highest BCUT2D eigenvalue weighted by atomic mass is 16.5. The molecule has 1 heterocycles. The molecule has 0 aliphatic carbocycles. The third-order valence-corrected chi connectivity index (χ3v) is 4.18. The van der Waals surface area contributed by atoms with Crippen LogP contribution in [-0.4, -0.2) is 9.97 Å². The molecule has 5 heteroatoms. The van der Waals surface area contributed by atoms with Gasteiger partial charge >= 0.3 is 0 Å². The highest BCUT2D eigenvalue weighted by Crippen LogP contribution is 2.32. The molecule has 1 aromatic heterocycles. The summed E-state index contributed by atoms with van der Waals surface area (Å²) < 4.78 is 5.91. The van der Waals surface area contributed by atoms with Crippen LogP contribution in [0.5, 0.6) is 11.6 Å². The number of nitrogens with one attached hydrogen (secondary N) is 1. The number of benzene rings is 3. The van der Waals surface area contributed by atoms with Gasteiger partial charge in [-0.1, -0.05) is 48.5 Å². The number of hydrogen-bond donors (Lipinski definition) is 2.